The van der Waals surface area contributed by atoms with Crippen molar-refractivity contribution in [2.45, 2.75) is 31.1 Å². The lowest BCUT2D eigenvalue weighted by molar-refractivity contribution is -0.133. The van der Waals surface area contributed by atoms with E-state index in [9.17, 15) is 17.6 Å². The molecule has 0 spiro atoms. The quantitative estimate of drug-likeness (QED) is 0.770. The molecule has 1 saturated carbocycles. The molecule has 5 nitrogen and oxygen atoms in total. The fraction of sp³-hybridized carbons (Fsp3) is 0.409. The molecule has 7 heteroatoms. The lowest BCUT2D eigenvalue weighted by atomic mass is 10.1. The average Bonchev–Trinajstić information content (AvgIpc) is 3.50. The summed E-state index contributed by atoms with van der Waals surface area (Å²) in [7, 11) is -3.58. The number of benzene rings is 2. The van der Waals surface area contributed by atoms with Crippen molar-refractivity contribution < 1.29 is 17.6 Å². The highest BCUT2D eigenvalue weighted by Gasteiger charge is 2.47. The van der Waals surface area contributed by atoms with E-state index in [2.05, 4.69) is 0 Å². The lowest BCUT2D eigenvalue weighted by Crippen LogP contribution is -2.51. The van der Waals surface area contributed by atoms with Gasteiger partial charge in [0.2, 0.25) is 15.9 Å². The molecule has 2 atom stereocenters. The van der Waals surface area contributed by atoms with Crippen molar-refractivity contribution in [2.75, 3.05) is 26.2 Å². The van der Waals surface area contributed by atoms with Gasteiger partial charge in [-0.25, -0.2) is 12.8 Å². The molecule has 2 aliphatic rings. The second kappa shape index (κ2) is 7.54. The zero-order valence-corrected chi connectivity index (χ0v) is 17.5. The predicted octanol–water partition coefficient (Wildman–Crippen LogP) is 3.08. The molecular weight excluding hydrogens is 391 g/mol. The first kappa shape index (κ1) is 20.0. The Hall–Kier alpha value is -2.25. The SMILES string of the molecule is Cc1ccc(C)c(S(=O)(=O)N2CCN(C(=O)C3CC3c3ccccc3F)CC2)c1. The highest BCUT2D eigenvalue weighted by atomic mass is 32.2. The third-order valence-electron chi connectivity index (χ3n) is 5.92. The molecule has 2 unspecified atom stereocenters. The first-order valence-corrected chi connectivity index (χ1v) is 11.3. The van der Waals surface area contributed by atoms with Gasteiger partial charge in [-0.3, -0.25) is 4.79 Å². The number of rotatable bonds is 4. The standard InChI is InChI=1S/C22H25FN2O3S/c1-15-7-8-16(2)21(13-15)29(27,28)25-11-9-24(10-12-25)22(26)19-14-18(19)17-5-3-4-6-20(17)23/h3-8,13,18-19H,9-12,14H2,1-2H3. The molecule has 1 heterocycles. The van der Waals surface area contributed by atoms with E-state index in [1.165, 1.54) is 10.4 Å². The Labute approximate surface area is 171 Å². The Morgan fingerprint density at radius 2 is 1.72 bits per heavy atom. The minimum absolute atomic E-state index is 0.00189. The van der Waals surface area contributed by atoms with Gasteiger partial charge in [0, 0.05) is 32.1 Å². The van der Waals surface area contributed by atoms with Crippen LogP contribution in [0.15, 0.2) is 47.4 Å². The Kier molecular flexibility index (Phi) is 5.21. The first-order valence-electron chi connectivity index (χ1n) is 9.89. The highest BCUT2D eigenvalue weighted by Crippen LogP contribution is 2.49. The van der Waals surface area contributed by atoms with Crippen LogP contribution in [0, 0.1) is 25.6 Å². The van der Waals surface area contributed by atoms with E-state index in [-0.39, 0.29) is 36.6 Å². The number of nitrogens with zero attached hydrogens (tertiary/aromatic N) is 2. The summed E-state index contributed by atoms with van der Waals surface area (Å²) in [6.45, 7) is 4.95. The minimum atomic E-state index is -3.58. The fourth-order valence-corrected chi connectivity index (χ4v) is 5.83. The van der Waals surface area contributed by atoms with Crippen molar-refractivity contribution in [1.82, 2.24) is 9.21 Å². The Morgan fingerprint density at radius 3 is 2.41 bits per heavy atom. The van der Waals surface area contributed by atoms with Gasteiger partial charge in [-0.15, -0.1) is 0 Å². The fourth-order valence-electron chi connectivity index (χ4n) is 4.10. The maximum Gasteiger partial charge on any atom is 0.243 e. The van der Waals surface area contributed by atoms with Crippen molar-refractivity contribution in [3.8, 4) is 0 Å². The monoisotopic (exact) mass is 416 g/mol. The summed E-state index contributed by atoms with van der Waals surface area (Å²) >= 11 is 0. The summed E-state index contributed by atoms with van der Waals surface area (Å²) in [5.74, 6) is -0.534. The third-order valence-corrected chi connectivity index (χ3v) is 7.96. The van der Waals surface area contributed by atoms with E-state index in [1.54, 1.807) is 36.1 Å². The number of carbonyl (C=O) groups excluding carboxylic acids is 1. The van der Waals surface area contributed by atoms with Crippen LogP contribution < -0.4 is 0 Å². The van der Waals surface area contributed by atoms with E-state index in [0.717, 1.165) is 11.1 Å². The molecular formula is C22H25FN2O3S. The maximum atomic E-state index is 14.0. The van der Waals surface area contributed by atoms with Crippen LogP contribution in [-0.2, 0) is 14.8 Å². The number of amides is 1. The van der Waals surface area contributed by atoms with Crippen LogP contribution in [-0.4, -0.2) is 49.7 Å². The van der Waals surface area contributed by atoms with Gasteiger partial charge in [-0.05, 0) is 55.0 Å². The highest BCUT2D eigenvalue weighted by molar-refractivity contribution is 7.89. The first-order chi connectivity index (χ1) is 13.8. The number of aryl methyl sites for hydroxylation is 2. The van der Waals surface area contributed by atoms with Crippen LogP contribution in [0.2, 0.25) is 0 Å². The Balaban J connectivity index is 1.40. The van der Waals surface area contributed by atoms with Crippen molar-refractivity contribution in [2.24, 2.45) is 5.92 Å². The van der Waals surface area contributed by atoms with Crippen molar-refractivity contribution >= 4 is 15.9 Å². The van der Waals surface area contributed by atoms with E-state index < -0.39 is 10.0 Å². The summed E-state index contributed by atoms with van der Waals surface area (Å²) in [6.07, 6.45) is 0.654. The van der Waals surface area contributed by atoms with Gasteiger partial charge in [0.05, 0.1) is 4.90 Å². The van der Waals surface area contributed by atoms with E-state index >= 15 is 0 Å². The van der Waals surface area contributed by atoms with Gasteiger partial charge >= 0.3 is 0 Å². The topological polar surface area (TPSA) is 57.7 Å². The molecule has 0 aromatic heterocycles. The number of hydrogen-bond acceptors (Lipinski definition) is 3. The van der Waals surface area contributed by atoms with Crippen LogP contribution in [0.5, 0.6) is 0 Å². The Morgan fingerprint density at radius 1 is 1.03 bits per heavy atom. The number of sulfonamides is 1. The van der Waals surface area contributed by atoms with Crippen LogP contribution in [0.4, 0.5) is 4.39 Å². The van der Waals surface area contributed by atoms with Gasteiger partial charge in [-0.1, -0.05) is 30.3 Å². The molecule has 2 aromatic carbocycles. The summed E-state index contributed by atoms with van der Waals surface area (Å²) in [4.78, 5) is 14.9. The average molecular weight is 417 g/mol. The van der Waals surface area contributed by atoms with Crippen molar-refractivity contribution in [3.63, 3.8) is 0 Å². The predicted molar refractivity (Wildman–Crippen MR) is 109 cm³/mol. The number of halogens is 1. The zero-order chi connectivity index (χ0) is 20.8. The lowest BCUT2D eigenvalue weighted by Gasteiger charge is -2.34. The molecule has 0 radical (unpaired) electrons. The zero-order valence-electron chi connectivity index (χ0n) is 16.6. The van der Waals surface area contributed by atoms with Crippen LogP contribution in [0.3, 0.4) is 0 Å². The van der Waals surface area contributed by atoms with Gasteiger partial charge < -0.3 is 4.90 Å². The molecule has 1 amide bonds. The van der Waals surface area contributed by atoms with Crippen LogP contribution in [0.25, 0.3) is 0 Å². The van der Waals surface area contributed by atoms with Gasteiger partial charge in [0.15, 0.2) is 0 Å². The molecule has 4 rings (SSSR count). The number of carbonyl (C=O) groups is 1. The second-order valence-electron chi connectivity index (χ2n) is 7.97. The van der Waals surface area contributed by atoms with Gasteiger partial charge in [-0.2, -0.15) is 4.31 Å². The van der Waals surface area contributed by atoms with Gasteiger partial charge in [0.1, 0.15) is 5.82 Å². The number of piperazine rings is 1. The van der Waals surface area contributed by atoms with Crippen LogP contribution in [0.1, 0.15) is 29.0 Å². The number of hydrogen-bond donors (Lipinski definition) is 0. The molecule has 2 fully saturated rings. The summed E-state index contributed by atoms with van der Waals surface area (Å²) in [5, 5.41) is 0. The van der Waals surface area contributed by atoms with Gasteiger partial charge in [0.25, 0.3) is 0 Å². The summed E-state index contributed by atoms with van der Waals surface area (Å²) in [5.41, 5.74) is 2.22. The van der Waals surface area contributed by atoms with E-state index in [0.29, 0.717) is 30.0 Å². The molecule has 1 aliphatic heterocycles. The largest absolute Gasteiger partial charge is 0.340 e. The second-order valence-corrected chi connectivity index (χ2v) is 9.87. The smallest absolute Gasteiger partial charge is 0.243 e. The van der Waals surface area contributed by atoms with E-state index in [1.807, 2.05) is 19.1 Å². The molecule has 2 aromatic rings. The van der Waals surface area contributed by atoms with Crippen LogP contribution >= 0.6 is 0 Å². The molecule has 154 valence electrons. The van der Waals surface area contributed by atoms with E-state index in [4.69, 9.17) is 0 Å². The molecule has 0 N–H and O–H groups in total. The van der Waals surface area contributed by atoms with Crippen molar-refractivity contribution in [1.29, 1.82) is 0 Å². The summed E-state index contributed by atoms with van der Waals surface area (Å²) in [6, 6.07) is 12.0. The minimum Gasteiger partial charge on any atom is -0.340 e. The molecule has 0 bridgehead atoms. The van der Waals surface area contributed by atoms with Crippen molar-refractivity contribution in [3.05, 3.63) is 65.0 Å². The third kappa shape index (κ3) is 3.81. The maximum absolute atomic E-state index is 14.0. The Bertz CT molecular complexity index is 1050. The normalized spacial score (nSPS) is 22.5. The molecule has 1 saturated heterocycles. The molecule has 1 aliphatic carbocycles. The molecule has 29 heavy (non-hydrogen) atoms. The summed E-state index contributed by atoms with van der Waals surface area (Å²) < 4.78 is 41.5.